The summed E-state index contributed by atoms with van der Waals surface area (Å²) in [4.78, 5) is 0.863. The minimum atomic E-state index is -0.142. The first-order valence-electron chi connectivity index (χ1n) is 6.64. The quantitative estimate of drug-likeness (QED) is 0.325. The first-order chi connectivity index (χ1) is 8.18. The van der Waals surface area contributed by atoms with Gasteiger partial charge in [-0.05, 0) is 30.8 Å². The maximum Gasteiger partial charge on any atom is 0.206 e. The molecule has 0 aromatic carbocycles. The van der Waals surface area contributed by atoms with Gasteiger partial charge in [-0.25, -0.2) is 0 Å². The van der Waals surface area contributed by atoms with Gasteiger partial charge in [-0.1, -0.05) is 24.1 Å². The van der Waals surface area contributed by atoms with Crippen molar-refractivity contribution in [2.24, 2.45) is 5.11 Å². The zero-order valence-corrected chi connectivity index (χ0v) is 11.5. The van der Waals surface area contributed by atoms with Crippen molar-refractivity contribution in [2.45, 2.75) is 74.2 Å². The Bertz CT molecular complexity index is 286. The van der Waals surface area contributed by atoms with Crippen LogP contribution in [0, 0.1) is 5.21 Å². The second-order valence-corrected chi connectivity index (χ2v) is 6.27. The van der Waals surface area contributed by atoms with Crippen LogP contribution in [0.15, 0.2) is 5.11 Å². The van der Waals surface area contributed by atoms with Crippen LogP contribution < -0.4 is 0 Å². The number of rotatable bonds is 2. The lowest BCUT2D eigenvalue weighted by Crippen LogP contribution is -2.35. The van der Waals surface area contributed by atoms with Gasteiger partial charge in [-0.3, -0.25) is 0 Å². The highest BCUT2D eigenvalue weighted by atomic mass is 35.5. The molecule has 0 amide bonds. The molecule has 2 aliphatic rings. The molecule has 0 spiro atoms. The predicted molar refractivity (Wildman–Crippen MR) is 69.8 cm³/mol. The Balaban J connectivity index is 1.99. The molecule has 2 rings (SSSR count). The maximum atomic E-state index is 12.0. The van der Waals surface area contributed by atoms with E-state index in [0.717, 1.165) is 56.2 Å². The van der Waals surface area contributed by atoms with E-state index in [4.69, 9.17) is 23.2 Å². The molecule has 0 N–H and O–H groups in total. The third-order valence-corrected chi connectivity index (χ3v) is 4.86. The average Bonchev–Trinajstić information content (AvgIpc) is 2.32. The summed E-state index contributed by atoms with van der Waals surface area (Å²) >= 11 is 12.4. The second-order valence-electron chi connectivity index (χ2n) is 5.15. The van der Waals surface area contributed by atoms with Gasteiger partial charge in [0, 0.05) is 6.42 Å². The Morgan fingerprint density at radius 3 is 2.12 bits per heavy atom. The molecule has 4 unspecified atom stereocenters. The fourth-order valence-corrected chi connectivity index (χ4v) is 3.45. The van der Waals surface area contributed by atoms with Crippen LogP contribution in [0.5, 0.6) is 0 Å². The van der Waals surface area contributed by atoms with Crippen LogP contribution in [-0.2, 0) is 0 Å². The first-order valence-corrected chi connectivity index (χ1v) is 7.51. The summed E-state index contributed by atoms with van der Waals surface area (Å²) in [5.41, 5.74) is 0. The molecule has 2 aliphatic carbocycles. The van der Waals surface area contributed by atoms with E-state index in [1.54, 1.807) is 0 Å². The third-order valence-electron chi connectivity index (χ3n) is 3.84. The van der Waals surface area contributed by atoms with Gasteiger partial charge in [0.2, 0.25) is 6.04 Å². The van der Waals surface area contributed by atoms with Crippen molar-refractivity contribution in [3.05, 3.63) is 5.21 Å². The number of nitrogens with zero attached hydrogens (tertiary/aromatic N) is 2. The standard InChI is InChI=1S/C12H20Cl2N2O/c13-9-5-1-3-7-11(9)15-16(17)12-8-4-2-6-10(12)14/h9-12H,1-8H2. The SMILES string of the molecule is [O-][N+](=NC1CCCCC1Cl)C1CCCCC1Cl. The summed E-state index contributed by atoms with van der Waals surface area (Å²) in [6.07, 6.45) is 8.18. The van der Waals surface area contributed by atoms with Gasteiger partial charge in [0.1, 0.15) is 6.04 Å². The number of hydrogen-bond donors (Lipinski definition) is 0. The molecular formula is C12H20Cl2N2O. The average molecular weight is 279 g/mol. The highest BCUT2D eigenvalue weighted by molar-refractivity contribution is 6.21. The van der Waals surface area contributed by atoms with E-state index in [1.165, 1.54) is 0 Å². The highest BCUT2D eigenvalue weighted by Gasteiger charge is 2.33. The van der Waals surface area contributed by atoms with Crippen LogP contribution in [0.3, 0.4) is 0 Å². The molecular weight excluding hydrogens is 259 g/mol. The normalized spacial score (nSPS) is 40.2. The second kappa shape index (κ2) is 6.24. The first kappa shape index (κ1) is 13.4. The number of alkyl halides is 2. The number of hydroxylamine groups is 1. The minimum absolute atomic E-state index is 0.00582. The Morgan fingerprint density at radius 1 is 0.882 bits per heavy atom. The van der Waals surface area contributed by atoms with Crippen LogP contribution in [0.4, 0.5) is 0 Å². The molecule has 5 heteroatoms. The zero-order chi connectivity index (χ0) is 12.3. The van der Waals surface area contributed by atoms with Gasteiger partial charge in [0.25, 0.3) is 0 Å². The lowest BCUT2D eigenvalue weighted by atomic mass is 9.95. The summed E-state index contributed by atoms with van der Waals surface area (Å²) < 4.78 is 0. The van der Waals surface area contributed by atoms with Gasteiger partial charge in [0.15, 0.2) is 0 Å². The molecule has 0 heterocycles. The van der Waals surface area contributed by atoms with E-state index in [1.807, 2.05) is 0 Å². The monoisotopic (exact) mass is 278 g/mol. The number of hydrogen-bond acceptors (Lipinski definition) is 2. The Kier molecular flexibility index (Phi) is 4.92. The molecule has 3 nitrogen and oxygen atoms in total. The molecule has 0 bridgehead atoms. The molecule has 0 aromatic heterocycles. The van der Waals surface area contributed by atoms with Gasteiger partial charge in [-0.2, -0.15) is 0 Å². The van der Waals surface area contributed by atoms with E-state index >= 15 is 0 Å². The van der Waals surface area contributed by atoms with E-state index in [-0.39, 0.29) is 22.8 Å². The van der Waals surface area contributed by atoms with E-state index in [9.17, 15) is 5.21 Å². The topological polar surface area (TPSA) is 38.4 Å². The van der Waals surface area contributed by atoms with E-state index in [0.29, 0.717) is 0 Å². The van der Waals surface area contributed by atoms with Crippen molar-refractivity contribution in [3.8, 4) is 0 Å². The summed E-state index contributed by atoms with van der Waals surface area (Å²) in [5, 5.41) is 16.3. The maximum absolute atomic E-state index is 12.0. The van der Waals surface area contributed by atoms with Gasteiger partial charge in [-0.15, -0.1) is 23.2 Å². The summed E-state index contributed by atoms with van der Waals surface area (Å²) in [5.74, 6) is 0. The van der Waals surface area contributed by atoms with E-state index in [2.05, 4.69) is 5.11 Å². The molecule has 2 saturated carbocycles. The van der Waals surface area contributed by atoms with Crippen molar-refractivity contribution < 1.29 is 4.86 Å². The smallest absolute Gasteiger partial charge is 0.206 e. The Labute approximate surface area is 113 Å². The fraction of sp³-hybridized carbons (Fsp3) is 1.00. The zero-order valence-electron chi connectivity index (χ0n) is 10.0. The third kappa shape index (κ3) is 3.47. The summed E-state index contributed by atoms with van der Waals surface area (Å²) in [6, 6.07) is -0.148. The van der Waals surface area contributed by atoms with E-state index < -0.39 is 0 Å². The van der Waals surface area contributed by atoms with Crippen LogP contribution in [0.1, 0.15) is 51.4 Å². The van der Waals surface area contributed by atoms with Crippen molar-refractivity contribution in [1.82, 2.24) is 0 Å². The van der Waals surface area contributed by atoms with Gasteiger partial charge >= 0.3 is 0 Å². The predicted octanol–water partition coefficient (Wildman–Crippen LogP) is 4.05. The lowest BCUT2D eigenvalue weighted by molar-refractivity contribution is -0.574. The van der Waals surface area contributed by atoms with Crippen LogP contribution in [0.2, 0.25) is 0 Å². The molecule has 98 valence electrons. The summed E-state index contributed by atoms with van der Waals surface area (Å²) in [6.45, 7) is 0. The molecule has 0 aromatic rings. The molecule has 4 atom stereocenters. The van der Waals surface area contributed by atoms with Crippen LogP contribution in [-0.4, -0.2) is 27.7 Å². The fourth-order valence-electron chi connectivity index (χ4n) is 2.74. The molecule has 0 saturated heterocycles. The Hall–Kier alpha value is -0.0200. The van der Waals surface area contributed by atoms with Gasteiger partial charge in [0.05, 0.1) is 10.8 Å². The van der Waals surface area contributed by atoms with Crippen molar-refractivity contribution in [1.29, 1.82) is 0 Å². The molecule has 2 fully saturated rings. The van der Waals surface area contributed by atoms with Crippen molar-refractivity contribution in [3.63, 3.8) is 0 Å². The molecule has 17 heavy (non-hydrogen) atoms. The molecule has 0 aliphatic heterocycles. The molecule has 0 radical (unpaired) electrons. The Morgan fingerprint density at radius 2 is 1.47 bits per heavy atom. The lowest BCUT2D eigenvalue weighted by Gasteiger charge is -2.26. The highest BCUT2D eigenvalue weighted by Crippen LogP contribution is 2.28. The minimum Gasteiger partial charge on any atom is -0.600 e. The van der Waals surface area contributed by atoms with Gasteiger partial charge < -0.3 is 5.21 Å². The van der Waals surface area contributed by atoms with Crippen molar-refractivity contribution >= 4 is 23.2 Å². The number of azo groups is 1. The number of halogens is 2. The summed E-state index contributed by atoms with van der Waals surface area (Å²) in [7, 11) is 0. The van der Waals surface area contributed by atoms with Crippen LogP contribution in [0.25, 0.3) is 0 Å². The van der Waals surface area contributed by atoms with Crippen LogP contribution >= 0.6 is 23.2 Å². The van der Waals surface area contributed by atoms with Crippen molar-refractivity contribution in [2.75, 3.05) is 0 Å². The largest absolute Gasteiger partial charge is 0.600 e.